The molecule has 0 aliphatic heterocycles. The van der Waals surface area contributed by atoms with Gasteiger partial charge in [0.25, 0.3) is 0 Å². The molecule has 28 heavy (non-hydrogen) atoms. The Morgan fingerprint density at radius 1 is 1.14 bits per heavy atom. The molecule has 150 valence electrons. The summed E-state index contributed by atoms with van der Waals surface area (Å²) in [4.78, 5) is 24.2. The zero-order chi connectivity index (χ0) is 19.9. The largest absolute Gasteiger partial charge is 0.495 e. The van der Waals surface area contributed by atoms with Crippen molar-refractivity contribution in [3.8, 4) is 5.75 Å². The van der Waals surface area contributed by atoms with Crippen LogP contribution in [-0.2, 0) is 9.59 Å². The Labute approximate surface area is 172 Å². The molecular formula is C19H23ClN4O3S. The number of benzene rings is 1. The van der Waals surface area contributed by atoms with Crippen LogP contribution in [0, 0.1) is 0 Å². The summed E-state index contributed by atoms with van der Waals surface area (Å²) in [5.41, 5.74) is 0.553. The number of ether oxygens (including phenoxy) is 1. The van der Waals surface area contributed by atoms with Gasteiger partial charge in [-0.25, -0.2) is 0 Å². The van der Waals surface area contributed by atoms with E-state index in [2.05, 4.69) is 20.8 Å². The molecule has 1 aromatic carbocycles. The Kier molecular flexibility index (Phi) is 7.22. The fraction of sp³-hybridized carbons (Fsp3) is 0.474. The van der Waals surface area contributed by atoms with Crippen molar-refractivity contribution >= 4 is 45.6 Å². The normalized spacial score (nSPS) is 14.5. The van der Waals surface area contributed by atoms with Crippen molar-refractivity contribution in [2.75, 3.05) is 17.7 Å². The molecule has 0 unspecified atom stereocenters. The van der Waals surface area contributed by atoms with Crippen LogP contribution in [-0.4, -0.2) is 29.1 Å². The van der Waals surface area contributed by atoms with Gasteiger partial charge in [0, 0.05) is 24.4 Å². The van der Waals surface area contributed by atoms with Gasteiger partial charge in [-0.15, -0.1) is 10.2 Å². The minimum atomic E-state index is -0.267. The van der Waals surface area contributed by atoms with E-state index in [1.807, 2.05) is 0 Å². The molecule has 1 heterocycles. The van der Waals surface area contributed by atoms with Crippen molar-refractivity contribution in [2.45, 2.75) is 50.9 Å². The predicted molar refractivity (Wildman–Crippen MR) is 110 cm³/mol. The van der Waals surface area contributed by atoms with Crippen LogP contribution in [0.15, 0.2) is 18.2 Å². The van der Waals surface area contributed by atoms with Gasteiger partial charge in [-0.3, -0.25) is 9.59 Å². The summed E-state index contributed by atoms with van der Waals surface area (Å²) in [6.45, 7) is 0. The molecule has 3 rings (SSSR count). The molecule has 0 saturated heterocycles. The topological polar surface area (TPSA) is 93.2 Å². The molecule has 1 aromatic heterocycles. The van der Waals surface area contributed by atoms with Crippen LogP contribution >= 0.6 is 22.9 Å². The molecule has 7 nitrogen and oxygen atoms in total. The first-order valence-electron chi connectivity index (χ1n) is 9.32. The van der Waals surface area contributed by atoms with E-state index < -0.39 is 0 Å². The van der Waals surface area contributed by atoms with Gasteiger partial charge in [-0.05, 0) is 31.0 Å². The van der Waals surface area contributed by atoms with Gasteiger partial charge in [-0.1, -0.05) is 42.2 Å². The first-order chi connectivity index (χ1) is 13.5. The van der Waals surface area contributed by atoms with Gasteiger partial charge in [-0.2, -0.15) is 0 Å². The summed E-state index contributed by atoms with van der Waals surface area (Å²) in [6, 6.07) is 4.97. The third-order valence-electron chi connectivity index (χ3n) is 4.66. The molecule has 1 saturated carbocycles. The van der Waals surface area contributed by atoms with Crippen LogP contribution in [0.4, 0.5) is 10.8 Å². The zero-order valence-corrected chi connectivity index (χ0v) is 17.2. The highest BCUT2D eigenvalue weighted by Gasteiger charge is 2.20. The number of hydrogen-bond acceptors (Lipinski definition) is 6. The van der Waals surface area contributed by atoms with E-state index in [1.165, 1.54) is 37.7 Å². The lowest BCUT2D eigenvalue weighted by Gasteiger charge is -2.18. The van der Waals surface area contributed by atoms with Crippen LogP contribution in [0.25, 0.3) is 0 Å². The molecule has 0 atom stereocenters. The molecule has 9 heteroatoms. The summed E-state index contributed by atoms with van der Waals surface area (Å²) in [7, 11) is 1.52. The molecule has 0 radical (unpaired) electrons. The minimum Gasteiger partial charge on any atom is -0.495 e. The van der Waals surface area contributed by atoms with Crippen molar-refractivity contribution in [3.05, 3.63) is 28.2 Å². The first-order valence-corrected chi connectivity index (χ1v) is 10.5. The van der Waals surface area contributed by atoms with Gasteiger partial charge in [0.15, 0.2) is 0 Å². The number of halogens is 1. The van der Waals surface area contributed by atoms with E-state index in [-0.39, 0.29) is 24.7 Å². The summed E-state index contributed by atoms with van der Waals surface area (Å²) in [6.07, 6.45) is 6.12. The van der Waals surface area contributed by atoms with E-state index in [0.717, 1.165) is 17.8 Å². The number of rotatable bonds is 7. The van der Waals surface area contributed by atoms with Crippen LogP contribution in [0.5, 0.6) is 5.75 Å². The van der Waals surface area contributed by atoms with Crippen molar-refractivity contribution in [3.63, 3.8) is 0 Å². The lowest BCUT2D eigenvalue weighted by atomic mass is 9.90. The van der Waals surface area contributed by atoms with Gasteiger partial charge >= 0.3 is 0 Å². The summed E-state index contributed by atoms with van der Waals surface area (Å²) < 4.78 is 5.07. The quantitative estimate of drug-likeness (QED) is 0.679. The SMILES string of the molecule is COc1ccc(NC(=O)CCC(=O)Nc2nnc(C3CCCCC3)s2)cc1Cl. The number of anilines is 2. The van der Waals surface area contributed by atoms with Gasteiger partial charge in [0.2, 0.25) is 16.9 Å². The van der Waals surface area contributed by atoms with E-state index in [1.54, 1.807) is 18.2 Å². The monoisotopic (exact) mass is 422 g/mol. The van der Waals surface area contributed by atoms with Crippen molar-refractivity contribution in [1.29, 1.82) is 0 Å². The lowest BCUT2D eigenvalue weighted by molar-refractivity contribution is -0.121. The molecule has 2 amide bonds. The number of hydrogen-bond donors (Lipinski definition) is 2. The van der Waals surface area contributed by atoms with Crippen LogP contribution in [0.2, 0.25) is 5.02 Å². The Bertz CT molecular complexity index is 836. The zero-order valence-electron chi connectivity index (χ0n) is 15.7. The number of nitrogens with zero attached hydrogens (tertiary/aromatic N) is 2. The Morgan fingerprint density at radius 2 is 1.86 bits per heavy atom. The summed E-state index contributed by atoms with van der Waals surface area (Å²) in [5, 5.41) is 15.6. The molecule has 0 spiro atoms. The maximum atomic E-state index is 12.1. The number of nitrogens with one attached hydrogen (secondary N) is 2. The molecule has 2 aromatic rings. The fourth-order valence-electron chi connectivity index (χ4n) is 3.18. The highest BCUT2D eigenvalue weighted by atomic mass is 35.5. The van der Waals surface area contributed by atoms with Crippen LogP contribution in [0.3, 0.4) is 0 Å². The van der Waals surface area contributed by atoms with Crippen LogP contribution < -0.4 is 15.4 Å². The highest BCUT2D eigenvalue weighted by molar-refractivity contribution is 7.15. The van der Waals surface area contributed by atoms with Gasteiger partial charge in [0.1, 0.15) is 10.8 Å². The predicted octanol–water partition coefficient (Wildman–Crippen LogP) is 4.61. The fourth-order valence-corrected chi connectivity index (χ4v) is 4.36. The number of methoxy groups -OCH3 is 1. The Balaban J connectivity index is 1.44. The standard InChI is InChI=1S/C19H23ClN4O3S/c1-27-15-8-7-13(11-14(15)20)21-16(25)9-10-17(26)22-19-24-23-18(28-19)12-5-3-2-4-6-12/h7-8,11-12H,2-6,9-10H2,1H3,(H,21,25)(H,22,24,26). The van der Waals surface area contributed by atoms with Crippen molar-refractivity contribution in [1.82, 2.24) is 10.2 Å². The molecular weight excluding hydrogens is 400 g/mol. The lowest BCUT2D eigenvalue weighted by Crippen LogP contribution is -2.17. The Hall–Kier alpha value is -2.19. The Morgan fingerprint density at radius 3 is 2.54 bits per heavy atom. The van der Waals surface area contributed by atoms with Gasteiger partial charge in [0.05, 0.1) is 12.1 Å². The number of carbonyl (C=O) groups is 2. The number of aromatic nitrogens is 2. The van der Waals surface area contributed by atoms with E-state index >= 15 is 0 Å². The average molecular weight is 423 g/mol. The van der Waals surface area contributed by atoms with Crippen molar-refractivity contribution in [2.24, 2.45) is 0 Å². The molecule has 1 aliphatic rings. The third kappa shape index (κ3) is 5.65. The molecule has 2 N–H and O–H groups in total. The smallest absolute Gasteiger partial charge is 0.226 e. The maximum Gasteiger partial charge on any atom is 0.226 e. The summed E-state index contributed by atoms with van der Waals surface area (Å²) in [5.74, 6) is 0.466. The van der Waals surface area contributed by atoms with Crippen LogP contribution in [0.1, 0.15) is 55.9 Å². The van der Waals surface area contributed by atoms with E-state index in [9.17, 15) is 9.59 Å². The molecule has 1 aliphatic carbocycles. The van der Waals surface area contributed by atoms with E-state index in [0.29, 0.717) is 27.5 Å². The average Bonchev–Trinajstić information content (AvgIpc) is 3.16. The number of carbonyl (C=O) groups excluding carboxylic acids is 2. The first kappa shape index (κ1) is 20.5. The molecule has 0 bridgehead atoms. The maximum absolute atomic E-state index is 12.1. The second-order valence-corrected chi connectivity index (χ2v) is 8.14. The second-order valence-electron chi connectivity index (χ2n) is 6.73. The minimum absolute atomic E-state index is 0.0593. The summed E-state index contributed by atoms with van der Waals surface area (Å²) >= 11 is 7.47. The number of amides is 2. The highest BCUT2D eigenvalue weighted by Crippen LogP contribution is 2.35. The van der Waals surface area contributed by atoms with E-state index in [4.69, 9.17) is 16.3 Å². The third-order valence-corrected chi connectivity index (χ3v) is 5.95. The van der Waals surface area contributed by atoms with Crippen molar-refractivity contribution < 1.29 is 14.3 Å². The second kappa shape index (κ2) is 9.84. The molecule has 1 fully saturated rings. The van der Waals surface area contributed by atoms with Gasteiger partial charge < -0.3 is 15.4 Å².